The fourth-order valence-electron chi connectivity index (χ4n) is 2.94. The average Bonchev–Trinajstić information content (AvgIpc) is 2.54. The van der Waals surface area contributed by atoms with Gasteiger partial charge in [0.05, 0.1) is 19.8 Å². The van der Waals surface area contributed by atoms with E-state index in [2.05, 4.69) is 10.2 Å². The number of likely N-dealkylation sites (tertiary alicyclic amines) is 1. The number of aliphatic hydroxyl groups excluding tert-OH is 1. The van der Waals surface area contributed by atoms with Crippen LogP contribution in [0, 0.1) is 5.82 Å². The van der Waals surface area contributed by atoms with Crippen molar-refractivity contribution in [2.45, 2.75) is 31.5 Å². The molecule has 2 rings (SSSR count). The van der Waals surface area contributed by atoms with Gasteiger partial charge in [-0.15, -0.1) is 0 Å². The molecule has 130 valence electrons. The Morgan fingerprint density at radius 1 is 1.35 bits per heavy atom. The molecule has 1 aliphatic heterocycles. The van der Waals surface area contributed by atoms with Crippen LogP contribution in [0.4, 0.5) is 4.39 Å². The minimum absolute atomic E-state index is 0.275. The zero-order chi connectivity index (χ0) is 16.7. The number of nitrogens with zero attached hydrogens (tertiary/aromatic N) is 1. The highest BCUT2D eigenvalue weighted by atomic mass is 19.1. The number of β-amino-alcohol motifs (C(OH)–C–C–N with tert-alkyl or cyclic N) is 1. The van der Waals surface area contributed by atoms with Gasteiger partial charge in [-0.3, -0.25) is 0 Å². The summed E-state index contributed by atoms with van der Waals surface area (Å²) in [6.45, 7) is 3.59. The minimum atomic E-state index is -0.424. The zero-order valence-electron chi connectivity index (χ0n) is 13.9. The van der Waals surface area contributed by atoms with E-state index in [0.29, 0.717) is 25.7 Å². The fraction of sp³-hybridized carbons (Fsp3) is 0.647. The third-order valence-corrected chi connectivity index (χ3v) is 4.23. The first-order valence-electron chi connectivity index (χ1n) is 8.07. The highest BCUT2D eigenvalue weighted by molar-refractivity contribution is 5.29. The van der Waals surface area contributed by atoms with Gasteiger partial charge in [0.2, 0.25) is 0 Å². The van der Waals surface area contributed by atoms with E-state index in [4.69, 9.17) is 9.47 Å². The largest absolute Gasteiger partial charge is 0.494 e. The SMILES string of the molecule is COCC(O)CN1CCC(NCc2ccc(OC)c(F)c2)CC1. The maximum Gasteiger partial charge on any atom is 0.165 e. The van der Waals surface area contributed by atoms with Crippen molar-refractivity contribution in [3.05, 3.63) is 29.6 Å². The van der Waals surface area contributed by atoms with Crippen molar-refractivity contribution in [2.75, 3.05) is 40.5 Å². The smallest absolute Gasteiger partial charge is 0.165 e. The minimum Gasteiger partial charge on any atom is -0.494 e. The number of hydrogen-bond acceptors (Lipinski definition) is 5. The van der Waals surface area contributed by atoms with Crippen LogP contribution in [-0.2, 0) is 11.3 Å². The second-order valence-electron chi connectivity index (χ2n) is 6.03. The van der Waals surface area contributed by atoms with Gasteiger partial charge >= 0.3 is 0 Å². The van der Waals surface area contributed by atoms with Crippen LogP contribution in [0.2, 0.25) is 0 Å². The molecule has 0 saturated carbocycles. The number of piperidine rings is 1. The Morgan fingerprint density at radius 2 is 2.09 bits per heavy atom. The molecule has 1 saturated heterocycles. The lowest BCUT2D eigenvalue weighted by Gasteiger charge is -2.33. The molecule has 1 atom stereocenters. The lowest BCUT2D eigenvalue weighted by atomic mass is 10.0. The number of halogens is 1. The highest BCUT2D eigenvalue weighted by Crippen LogP contribution is 2.18. The van der Waals surface area contributed by atoms with E-state index < -0.39 is 6.10 Å². The number of rotatable bonds is 8. The normalized spacial score (nSPS) is 18.1. The van der Waals surface area contributed by atoms with E-state index in [9.17, 15) is 9.50 Å². The lowest BCUT2D eigenvalue weighted by Crippen LogP contribution is -2.45. The Bertz CT molecular complexity index is 479. The topological polar surface area (TPSA) is 54.0 Å². The van der Waals surface area contributed by atoms with Gasteiger partial charge in [0, 0.05) is 26.2 Å². The van der Waals surface area contributed by atoms with Crippen molar-refractivity contribution < 1.29 is 19.0 Å². The predicted molar refractivity (Wildman–Crippen MR) is 87.1 cm³/mol. The van der Waals surface area contributed by atoms with E-state index in [1.165, 1.54) is 13.2 Å². The number of benzene rings is 1. The summed E-state index contributed by atoms with van der Waals surface area (Å²) in [5, 5.41) is 13.2. The van der Waals surface area contributed by atoms with Gasteiger partial charge < -0.3 is 24.8 Å². The molecule has 1 aliphatic rings. The third kappa shape index (κ3) is 5.73. The molecule has 0 aliphatic carbocycles. The Balaban J connectivity index is 1.71. The van der Waals surface area contributed by atoms with Crippen LogP contribution in [-0.4, -0.2) is 62.6 Å². The molecule has 1 aromatic rings. The molecule has 0 spiro atoms. The Hall–Kier alpha value is -1.21. The molecule has 0 radical (unpaired) electrons. The Labute approximate surface area is 137 Å². The van der Waals surface area contributed by atoms with Crippen LogP contribution in [0.1, 0.15) is 18.4 Å². The summed E-state index contributed by atoms with van der Waals surface area (Å²) in [6.07, 6.45) is 1.63. The Morgan fingerprint density at radius 3 is 2.70 bits per heavy atom. The average molecular weight is 326 g/mol. The molecule has 1 aromatic carbocycles. The third-order valence-electron chi connectivity index (χ3n) is 4.23. The van der Waals surface area contributed by atoms with Crippen LogP contribution in [0.15, 0.2) is 18.2 Å². The maximum atomic E-state index is 13.7. The first-order chi connectivity index (χ1) is 11.1. The van der Waals surface area contributed by atoms with Gasteiger partial charge in [0.15, 0.2) is 11.6 Å². The van der Waals surface area contributed by atoms with Gasteiger partial charge in [0.25, 0.3) is 0 Å². The van der Waals surface area contributed by atoms with Gasteiger partial charge in [-0.05, 0) is 43.6 Å². The Kier molecular flexibility index (Phi) is 7.23. The maximum absolute atomic E-state index is 13.7. The molecule has 1 fully saturated rings. The van der Waals surface area contributed by atoms with Crippen molar-refractivity contribution in [1.82, 2.24) is 10.2 Å². The standard InChI is InChI=1S/C17H27FN2O3/c1-22-12-15(21)11-20-7-5-14(6-8-20)19-10-13-3-4-17(23-2)16(18)9-13/h3-4,9,14-15,19,21H,5-8,10-12H2,1-2H3. The number of ether oxygens (including phenoxy) is 2. The first kappa shape index (κ1) is 18.1. The van der Waals surface area contributed by atoms with E-state index in [0.717, 1.165) is 31.5 Å². The van der Waals surface area contributed by atoms with E-state index in [1.807, 2.05) is 6.07 Å². The second-order valence-corrected chi connectivity index (χ2v) is 6.03. The molecule has 1 heterocycles. The van der Waals surface area contributed by atoms with Crippen LogP contribution in [0.25, 0.3) is 0 Å². The quantitative estimate of drug-likeness (QED) is 0.756. The molecule has 0 aromatic heterocycles. The summed E-state index contributed by atoms with van der Waals surface area (Å²) < 4.78 is 23.5. The highest BCUT2D eigenvalue weighted by Gasteiger charge is 2.20. The zero-order valence-corrected chi connectivity index (χ0v) is 13.9. The molecule has 23 heavy (non-hydrogen) atoms. The van der Waals surface area contributed by atoms with Crippen LogP contribution in [0.3, 0.4) is 0 Å². The van der Waals surface area contributed by atoms with E-state index in [-0.39, 0.29) is 11.6 Å². The van der Waals surface area contributed by atoms with Crippen molar-refractivity contribution in [3.8, 4) is 5.75 Å². The molecular formula is C17H27FN2O3. The molecule has 0 bridgehead atoms. The molecule has 0 amide bonds. The predicted octanol–water partition coefficient (Wildman–Crippen LogP) is 1.40. The van der Waals surface area contributed by atoms with Gasteiger partial charge in [-0.1, -0.05) is 6.07 Å². The summed E-state index contributed by atoms with van der Waals surface area (Å²) in [5.74, 6) is -0.0505. The van der Waals surface area contributed by atoms with Crippen LogP contribution < -0.4 is 10.1 Å². The fourth-order valence-corrected chi connectivity index (χ4v) is 2.94. The molecule has 1 unspecified atom stereocenters. The van der Waals surface area contributed by atoms with Crippen LogP contribution >= 0.6 is 0 Å². The van der Waals surface area contributed by atoms with Crippen LogP contribution in [0.5, 0.6) is 5.75 Å². The summed E-state index contributed by atoms with van der Waals surface area (Å²) in [6, 6.07) is 5.48. The molecule has 6 heteroatoms. The first-order valence-corrected chi connectivity index (χ1v) is 8.07. The van der Waals surface area contributed by atoms with E-state index in [1.54, 1.807) is 13.2 Å². The number of methoxy groups -OCH3 is 2. The molecule has 5 nitrogen and oxygen atoms in total. The van der Waals surface area contributed by atoms with Crippen molar-refractivity contribution in [2.24, 2.45) is 0 Å². The number of aliphatic hydroxyl groups is 1. The monoisotopic (exact) mass is 326 g/mol. The van der Waals surface area contributed by atoms with Gasteiger partial charge in [0.1, 0.15) is 0 Å². The summed E-state index contributed by atoms with van der Waals surface area (Å²) in [5.41, 5.74) is 0.918. The summed E-state index contributed by atoms with van der Waals surface area (Å²) >= 11 is 0. The summed E-state index contributed by atoms with van der Waals surface area (Å²) in [4.78, 5) is 2.26. The summed E-state index contributed by atoms with van der Waals surface area (Å²) in [7, 11) is 3.06. The second kappa shape index (κ2) is 9.17. The van der Waals surface area contributed by atoms with Crippen molar-refractivity contribution >= 4 is 0 Å². The lowest BCUT2D eigenvalue weighted by molar-refractivity contribution is 0.0310. The van der Waals surface area contributed by atoms with Gasteiger partial charge in [-0.25, -0.2) is 4.39 Å². The molecule has 2 N–H and O–H groups in total. The number of nitrogens with one attached hydrogen (secondary N) is 1. The molecular weight excluding hydrogens is 299 g/mol. The van der Waals surface area contributed by atoms with Gasteiger partial charge in [-0.2, -0.15) is 0 Å². The number of hydrogen-bond donors (Lipinski definition) is 2. The van der Waals surface area contributed by atoms with E-state index >= 15 is 0 Å². The van der Waals surface area contributed by atoms with Crippen molar-refractivity contribution in [1.29, 1.82) is 0 Å². The van der Waals surface area contributed by atoms with Crippen molar-refractivity contribution in [3.63, 3.8) is 0 Å².